The lowest BCUT2D eigenvalue weighted by atomic mass is 10.2. The zero-order valence-corrected chi connectivity index (χ0v) is 20.1. The number of rotatable bonds is 7. The number of halogens is 2. The van der Waals surface area contributed by atoms with E-state index in [2.05, 4.69) is 42.4 Å². The normalized spacial score (nSPS) is 11.1. The molecule has 0 spiro atoms. The fraction of sp³-hybridized carbons (Fsp3) is 0.0833. The first-order valence-electron chi connectivity index (χ1n) is 9.60. The molecular formula is C24H18Br2N2O4. The van der Waals surface area contributed by atoms with Crippen LogP contribution in [-0.4, -0.2) is 19.2 Å². The van der Waals surface area contributed by atoms with Crippen LogP contribution < -0.4 is 14.9 Å². The Hall–Kier alpha value is -3.10. The molecule has 1 N–H and O–H groups in total. The van der Waals surface area contributed by atoms with Crippen molar-refractivity contribution in [3.8, 4) is 11.5 Å². The summed E-state index contributed by atoms with van der Waals surface area (Å²) in [6.07, 6.45) is 1.52. The molecule has 162 valence electrons. The van der Waals surface area contributed by atoms with Gasteiger partial charge in [-0.15, -0.1) is 0 Å². The van der Waals surface area contributed by atoms with Gasteiger partial charge in [-0.1, -0.05) is 46.3 Å². The molecule has 0 bridgehead atoms. The highest BCUT2D eigenvalue weighted by Crippen LogP contribution is 2.33. The molecule has 0 atom stereocenters. The number of hydrazone groups is 1. The number of carbonyl (C=O) groups excluding carboxylic acids is 1. The Labute approximate surface area is 201 Å². The van der Waals surface area contributed by atoms with E-state index in [-0.39, 0.29) is 5.76 Å². The molecule has 4 aromatic rings. The van der Waals surface area contributed by atoms with Crippen LogP contribution >= 0.6 is 31.9 Å². The largest absolute Gasteiger partial charge is 0.493 e. The van der Waals surface area contributed by atoms with Gasteiger partial charge in [-0.3, -0.25) is 4.79 Å². The van der Waals surface area contributed by atoms with Crippen molar-refractivity contribution in [2.45, 2.75) is 6.61 Å². The zero-order valence-electron chi connectivity index (χ0n) is 17.0. The quantitative estimate of drug-likeness (QED) is 0.213. The van der Waals surface area contributed by atoms with Crippen molar-refractivity contribution in [2.75, 3.05) is 7.11 Å². The van der Waals surface area contributed by atoms with E-state index in [1.165, 1.54) is 6.21 Å². The molecule has 0 aliphatic carbocycles. The van der Waals surface area contributed by atoms with Crippen molar-refractivity contribution >= 4 is 55.0 Å². The molecule has 0 unspecified atom stereocenters. The number of ether oxygens (including phenoxy) is 2. The number of nitrogens with zero attached hydrogens (tertiary/aromatic N) is 1. The van der Waals surface area contributed by atoms with Crippen molar-refractivity contribution in [2.24, 2.45) is 5.10 Å². The Kier molecular flexibility index (Phi) is 6.92. The van der Waals surface area contributed by atoms with Crippen LogP contribution in [-0.2, 0) is 6.61 Å². The predicted molar refractivity (Wildman–Crippen MR) is 130 cm³/mol. The van der Waals surface area contributed by atoms with Gasteiger partial charge in [0.25, 0.3) is 0 Å². The summed E-state index contributed by atoms with van der Waals surface area (Å²) in [4.78, 5) is 12.3. The number of benzene rings is 3. The van der Waals surface area contributed by atoms with Gasteiger partial charge in [0.15, 0.2) is 17.3 Å². The van der Waals surface area contributed by atoms with Crippen LogP contribution in [0, 0.1) is 0 Å². The number of fused-ring (bicyclic) bond motifs is 1. The third-order valence-electron chi connectivity index (χ3n) is 4.61. The molecule has 0 saturated carbocycles. The van der Waals surface area contributed by atoms with Gasteiger partial charge in [0.05, 0.1) is 13.3 Å². The lowest BCUT2D eigenvalue weighted by Crippen LogP contribution is -2.16. The van der Waals surface area contributed by atoms with Gasteiger partial charge in [0, 0.05) is 19.9 Å². The number of amides is 1. The SMILES string of the molecule is COc1cc(/C=N/NC(=O)c2cc3ccccc3o2)c(Br)cc1OCc1ccc(Br)cc1. The zero-order chi connectivity index (χ0) is 22.5. The molecular weight excluding hydrogens is 540 g/mol. The minimum absolute atomic E-state index is 0.191. The van der Waals surface area contributed by atoms with Crippen molar-refractivity contribution < 1.29 is 18.7 Å². The molecule has 8 heteroatoms. The van der Waals surface area contributed by atoms with Crippen molar-refractivity contribution in [1.29, 1.82) is 0 Å². The Bertz CT molecular complexity index is 1250. The van der Waals surface area contributed by atoms with Gasteiger partial charge >= 0.3 is 5.91 Å². The summed E-state index contributed by atoms with van der Waals surface area (Å²) in [6, 6.07) is 20.6. The summed E-state index contributed by atoms with van der Waals surface area (Å²) >= 11 is 6.94. The first-order chi connectivity index (χ1) is 15.5. The number of hydrogen-bond donors (Lipinski definition) is 1. The molecule has 1 aromatic heterocycles. The summed E-state index contributed by atoms with van der Waals surface area (Å²) in [6.45, 7) is 0.400. The fourth-order valence-corrected chi connectivity index (χ4v) is 3.66. The van der Waals surface area contributed by atoms with Crippen LogP contribution in [0.5, 0.6) is 11.5 Å². The van der Waals surface area contributed by atoms with Crippen LogP contribution in [0.15, 0.2) is 85.2 Å². The number of methoxy groups -OCH3 is 1. The van der Waals surface area contributed by atoms with Crippen LogP contribution in [0.25, 0.3) is 11.0 Å². The maximum atomic E-state index is 12.3. The Morgan fingerprint density at radius 3 is 2.59 bits per heavy atom. The van der Waals surface area contributed by atoms with E-state index in [4.69, 9.17) is 13.9 Å². The summed E-state index contributed by atoms with van der Waals surface area (Å²) in [5, 5.41) is 4.89. The molecule has 3 aromatic carbocycles. The van der Waals surface area contributed by atoms with Gasteiger partial charge in [-0.05, 0) is 57.9 Å². The number of hydrogen-bond acceptors (Lipinski definition) is 5. The third kappa shape index (κ3) is 5.20. The van der Waals surface area contributed by atoms with Crippen LogP contribution in [0.4, 0.5) is 0 Å². The number of carbonyl (C=O) groups is 1. The highest BCUT2D eigenvalue weighted by atomic mass is 79.9. The summed E-state index contributed by atoms with van der Waals surface area (Å²) in [5.41, 5.74) is 4.87. The van der Waals surface area contributed by atoms with Gasteiger partial charge in [0.2, 0.25) is 0 Å². The third-order valence-corrected chi connectivity index (χ3v) is 5.83. The molecule has 4 rings (SSSR count). The average Bonchev–Trinajstić information content (AvgIpc) is 3.24. The van der Waals surface area contributed by atoms with Crippen LogP contribution in [0.1, 0.15) is 21.7 Å². The number of furan rings is 1. The molecule has 0 radical (unpaired) electrons. The molecule has 0 aliphatic heterocycles. The van der Waals surface area contributed by atoms with E-state index < -0.39 is 5.91 Å². The van der Waals surface area contributed by atoms with Gasteiger partial charge in [-0.25, -0.2) is 5.43 Å². The molecule has 1 amide bonds. The lowest BCUT2D eigenvalue weighted by molar-refractivity contribution is 0.0929. The summed E-state index contributed by atoms with van der Waals surface area (Å²) < 4.78 is 18.7. The molecule has 0 aliphatic rings. The molecule has 1 heterocycles. The monoisotopic (exact) mass is 556 g/mol. The summed E-state index contributed by atoms with van der Waals surface area (Å²) in [7, 11) is 1.57. The second-order valence-corrected chi connectivity index (χ2v) is 8.56. The van der Waals surface area contributed by atoms with E-state index in [1.54, 1.807) is 31.4 Å². The van der Waals surface area contributed by atoms with E-state index >= 15 is 0 Å². The molecule has 32 heavy (non-hydrogen) atoms. The lowest BCUT2D eigenvalue weighted by Gasteiger charge is -2.13. The van der Waals surface area contributed by atoms with Crippen molar-refractivity contribution in [1.82, 2.24) is 5.43 Å². The second kappa shape index (κ2) is 10.0. The second-order valence-electron chi connectivity index (χ2n) is 6.79. The topological polar surface area (TPSA) is 73.1 Å². The van der Waals surface area contributed by atoms with Crippen LogP contribution in [0.3, 0.4) is 0 Å². The Morgan fingerprint density at radius 2 is 1.84 bits per heavy atom. The number of para-hydroxylation sites is 1. The molecule has 6 nitrogen and oxygen atoms in total. The fourth-order valence-electron chi connectivity index (χ4n) is 2.97. The minimum Gasteiger partial charge on any atom is -0.493 e. The molecule has 0 saturated heterocycles. The maximum Gasteiger partial charge on any atom is 0.307 e. The first-order valence-corrected chi connectivity index (χ1v) is 11.2. The van der Waals surface area contributed by atoms with Crippen LogP contribution in [0.2, 0.25) is 0 Å². The minimum atomic E-state index is -0.435. The smallest absolute Gasteiger partial charge is 0.307 e. The predicted octanol–water partition coefficient (Wildman–Crippen LogP) is 6.31. The van der Waals surface area contributed by atoms with E-state index in [9.17, 15) is 4.79 Å². The Morgan fingerprint density at radius 1 is 1.06 bits per heavy atom. The van der Waals surface area contributed by atoms with Crippen molar-refractivity contribution in [3.05, 3.63) is 92.6 Å². The number of nitrogens with one attached hydrogen (secondary N) is 1. The maximum absolute atomic E-state index is 12.3. The van der Waals surface area contributed by atoms with E-state index in [0.717, 1.165) is 19.9 Å². The highest BCUT2D eigenvalue weighted by Gasteiger charge is 2.12. The highest BCUT2D eigenvalue weighted by molar-refractivity contribution is 9.10. The van der Waals surface area contributed by atoms with E-state index in [0.29, 0.717) is 29.3 Å². The summed E-state index contributed by atoms with van der Waals surface area (Å²) in [5.74, 6) is 0.896. The average molecular weight is 558 g/mol. The van der Waals surface area contributed by atoms with Gasteiger partial charge < -0.3 is 13.9 Å². The van der Waals surface area contributed by atoms with E-state index in [1.807, 2.05) is 42.5 Å². The van der Waals surface area contributed by atoms with Gasteiger partial charge in [-0.2, -0.15) is 5.10 Å². The van der Waals surface area contributed by atoms with Gasteiger partial charge in [0.1, 0.15) is 12.2 Å². The molecule has 0 fully saturated rings. The first kappa shape index (κ1) is 22.1. The van der Waals surface area contributed by atoms with Crippen molar-refractivity contribution in [3.63, 3.8) is 0 Å². The Balaban J connectivity index is 1.44. The standard InChI is InChI=1S/C24H18Br2N2O4/c1-30-21-11-17(19(26)12-22(21)31-14-15-6-8-18(25)9-7-15)13-27-28-24(29)23-10-16-4-2-3-5-20(16)32-23/h2-13H,14H2,1H3,(H,28,29)/b27-13+.